The molecule has 0 atom stereocenters. The molecule has 0 bridgehead atoms. The Bertz CT molecular complexity index is 309. The normalized spacial score (nSPS) is 9.50. The molecule has 4 nitrogen and oxygen atoms in total. The lowest BCUT2D eigenvalue weighted by Crippen LogP contribution is -2.20. The second-order valence-corrected chi connectivity index (χ2v) is 2.45. The Hall–Kier alpha value is -1.58. The molecule has 0 aliphatic heterocycles. The first-order valence-corrected chi connectivity index (χ1v) is 3.60. The summed E-state index contributed by atoms with van der Waals surface area (Å²) < 4.78 is 0. The van der Waals surface area contributed by atoms with Crippen LogP contribution < -0.4 is 11.1 Å². The minimum atomic E-state index is -0.209. The molecule has 64 valence electrons. The third-order valence-electron chi connectivity index (χ3n) is 1.69. The molecule has 0 saturated heterocycles. The summed E-state index contributed by atoms with van der Waals surface area (Å²) in [7, 11) is 1.56. The van der Waals surface area contributed by atoms with Gasteiger partial charge in [0.25, 0.3) is 5.91 Å². The number of carbonyl (C=O) groups excluding carboxylic acids is 1. The molecule has 1 aromatic heterocycles. The van der Waals surface area contributed by atoms with Crippen LogP contribution >= 0.6 is 0 Å². The second kappa shape index (κ2) is 3.21. The molecule has 0 aliphatic carbocycles. The number of nitrogens with two attached hydrogens (primary N) is 1. The first-order chi connectivity index (χ1) is 5.66. The molecule has 4 heteroatoms. The van der Waals surface area contributed by atoms with Crippen molar-refractivity contribution in [3.63, 3.8) is 0 Å². The van der Waals surface area contributed by atoms with Crippen LogP contribution in [0.5, 0.6) is 0 Å². The van der Waals surface area contributed by atoms with Gasteiger partial charge in [0.15, 0.2) is 0 Å². The third-order valence-corrected chi connectivity index (χ3v) is 1.69. The number of anilines is 1. The van der Waals surface area contributed by atoms with Crippen molar-refractivity contribution in [2.45, 2.75) is 6.92 Å². The molecule has 1 rings (SSSR count). The topological polar surface area (TPSA) is 68.0 Å². The zero-order valence-corrected chi connectivity index (χ0v) is 7.09. The van der Waals surface area contributed by atoms with E-state index >= 15 is 0 Å². The van der Waals surface area contributed by atoms with E-state index in [-0.39, 0.29) is 5.91 Å². The molecular formula is C8H11N3O. The predicted molar refractivity (Wildman–Crippen MR) is 46.8 cm³/mol. The van der Waals surface area contributed by atoms with Crippen LogP contribution in [0.1, 0.15) is 16.1 Å². The Kier molecular flexibility index (Phi) is 2.28. The fraction of sp³-hybridized carbons (Fsp3) is 0.250. The number of nitrogens with one attached hydrogen (secondary N) is 1. The van der Waals surface area contributed by atoms with Gasteiger partial charge in [-0.2, -0.15) is 0 Å². The van der Waals surface area contributed by atoms with Crippen molar-refractivity contribution < 1.29 is 4.79 Å². The molecule has 0 fully saturated rings. The van der Waals surface area contributed by atoms with Crippen LogP contribution in [0, 0.1) is 6.92 Å². The van der Waals surface area contributed by atoms with E-state index in [1.807, 2.05) is 0 Å². The molecular weight excluding hydrogens is 154 g/mol. The van der Waals surface area contributed by atoms with Gasteiger partial charge in [-0.1, -0.05) is 0 Å². The molecule has 1 aromatic rings. The highest BCUT2D eigenvalue weighted by Crippen LogP contribution is 2.11. The average Bonchev–Trinajstić information content (AvgIpc) is 2.08. The van der Waals surface area contributed by atoms with E-state index in [2.05, 4.69) is 10.3 Å². The Morgan fingerprint density at radius 3 is 2.92 bits per heavy atom. The fourth-order valence-corrected chi connectivity index (χ4v) is 0.898. The standard InChI is InChI=1S/C8H11N3O/c1-5-6(9)3-4-11-7(5)8(12)10-2/h3-4H,1-2H3,(H2,9,11)(H,10,12). The molecule has 12 heavy (non-hydrogen) atoms. The molecule has 1 heterocycles. The van der Waals surface area contributed by atoms with Gasteiger partial charge in [0.1, 0.15) is 5.69 Å². The largest absolute Gasteiger partial charge is 0.398 e. The zero-order chi connectivity index (χ0) is 9.14. The number of pyridine rings is 1. The first kappa shape index (κ1) is 8.52. The molecule has 0 aromatic carbocycles. The number of amides is 1. The van der Waals surface area contributed by atoms with Gasteiger partial charge in [-0.15, -0.1) is 0 Å². The van der Waals surface area contributed by atoms with E-state index in [1.165, 1.54) is 6.20 Å². The van der Waals surface area contributed by atoms with Gasteiger partial charge in [0, 0.05) is 24.5 Å². The highest BCUT2D eigenvalue weighted by atomic mass is 16.1. The summed E-state index contributed by atoms with van der Waals surface area (Å²) in [6.07, 6.45) is 1.52. The van der Waals surface area contributed by atoms with Gasteiger partial charge in [-0.3, -0.25) is 9.78 Å². The van der Waals surface area contributed by atoms with Gasteiger partial charge in [0.2, 0.25) is 0 Å². The van der Waals surface area contributed by atoms with Crippen molar-refractivity contribution in [3.05, 3.63) is 23.5 Å². The Balaban J connectivity index is 3.16. The molecule has 0 aliphatic rings. The van der Waals surface area contributed by atoms with Gasteiger partial charge >= 0.3 is 0 Å². The maximum atomic E-state index is 11.2. The summed E-state index contributed by atoms with van der Waals surface area (Å²) in [5.74, 6) is -0.209. The predicted octanol–water partition coefficient (Wildman–Crippen LogP) is 0.332. The van der Waals surface area contributed by atoms with Crippen molar-refractivity contribution in [1.82, 2.24) is 10.3 Å². The van der Waals surface area contributed by atoms with E-state index in [0.717, 1.165) is 5.56 Å². The van der Waals surface area contributed by atoms with Gasteiger partial charge in [-0.25, -0.2) is 0 Å². The van der Waals surface area contributed by atoms with Gasteiger partial charge in [0.05, 0.1) is 0 Å². The van der Waals surface area contributed by atoms with Crippen molar-refractivity contribution in [1.29, 1.82) is 0 Å². The number of aromatic nitrogens is 1. The van der Waals surface area contributed by atoms with Gasteiger partial charge < -0.3 is 11.1 Å². The van der Waals surface area contributed by atoms with E-state index in [4.69, 9.17) is 5.73 Å². The first-order valence-electron chi connectivity index (χ1n) is 3.60. The summed E-state index contributed by atoms with van der Waals surface area (Å²) in [4.78, 5) is 15.1. The lowest BCUT2D eigenvalue weighted by Gasteiger charge is -2.04. The SMILES string of the molecule is CNC(=O)c1nccc(N)c1C. The highest BCUT2D eigenvalue weighted by molar-refractivity contribution is 5.94. The Morgan fingerprint density at radius 2 is 2.33 bits per heavy atom. The summed E-state index contributed by atoms with van der Waals surface area (Å²) in [6, 6.07) is 1.67. The number of carbonyl (C=O) groups is 1. The monoisotopic (exact) mass is 165 g/mol. The smallest absolute Gasteiger partial charge is 0.269 e. The van der Waals surface area contributed by atoms with Crippen LogP contribution in [0.3, 0.4) is 0 Å². The molecule has 0 radical (unpaired) electrons. The van der Waals surface area contributed by atoms with Crippen LogP contribution in [-0.2, 0) is 0 Å². The van der Waals surface area contributed by atoms with E-state index < -0.39 is 0 Å². The highest BCUT2D eigenvalue weighted by Gasteiger charge is 2.09. The van der Waals surface area contributed by atoms with Crippen LogP contribution in [0.2, 0.25) is 0 Å². The lowest BCUT2D eigenvalue weighted by molar-refractivity contribution is 0.0957. The third kappa shape index (κ3) is 1.37. The minimum Gasteiger partial charge on any atom is -0.398 e. The van der Waals surface area contributed by atoms with Crippen molar-refractivity contribution >= 4 is 11.6 Å². The van der Waals surface area contributed by atoms with E-state index in [9.17, 15) is 4.79 Å². The zero-order valence-electron chi connectivity index (χ0n) is 7.09. The van der Waals surface area contributed by atoms with Crippen LogP contribution in [0.25, 0.3) is 0 Å². The maximum Gasteiger partial charge on any atom is 0.269 e. The molecule has 0 spiro atoms. The van der Waals surface area contributed by atoms with Crippen molar-refractivity contribution in [3.8, 4) is 0 Å². The van der Waals surface area contributed by atoms with Gasteiger partial charge in [-0.05, 0) is 13.0 Å². The summed E-state index contributed by atoms with van der Waals surface area (Å²) >= 11 is 0. The molecule has 3 N–H and O–H groups in total. The average molecular weight is 165 g/mol. The number of hydrogen-bond donors (Lipinski definition) is 2. The summed E-state index contributed by atoms with van der Waals surface area (Å²) in [6.45, 7) is 1.77. The number of nitrogens with zero attached hydrogens (tertiary/aromatic N) is 1. The number of hydrogen-bond acceptors (Lipinski definition) is 3. The molecule has 0 unspecified atom stereocenters. The fourth-order valence-electron chi connectivity index (χ4n) is 0.898. The lowest BCUT2D eigenvalue weighted by atomic mass is 10.2. The summed E-state index contributed by atoms with van der Waals surface area (Å²) in [5, 5.41) is 2.49. The number of nitrogen functional groups attached to an aromatic ring is 1. The Labute approximate surface area is 70.8 Å². The number of rotatable bonds is 1. The van der Waals surface area contributed by atoms with E-state index in [1.54, 1.807) is 20.0 Å². The maximum absolute atomic E-state index is 11.2. The second-order valence-electron chi connectivity index (χ2n) is 2.45. The quantitative estimate of drug-likeness (QED) is 0.630. The van der Waals surface area contributed by atoms with Crippen LogP contribution in [0.4, 0.5) is 5.69 Å². The molecule has 0 saturated carbocycles. The minimum absolute atomic E-state index is 0.209. The Morgan fingerprint density at radius 1 is 1.67 bits per heavy atom. The van der Waals surface area contributed by atoms with Crippen molar-refractivity contribution in [2.24, 2.45) is 0 Å². The van der Waals surface area contributed by atoms with Crippen LogP contribution in [0.15, 0.2) is 12.3 Å². The van der Waals surface area contributed by atoms with E-state index in [0.29, 0.717) is 11.4 Å². The molecule has 1 amide bonds. The van der Waals surface area contributed by atoms with Crippen LogP contribution in [-0.4, -0.2) is 17.9 Å². The summed E-state index contributed by atoms with van der Waals surface area (Å²) in [5.41, 5.74) is 7.29. The van der Waals surface area contributed by atoms with Crippen molar-refractivity contribution in [2.75, 3.05) is 12.8 Å².